The standard InChI is InChI=1S/C14H17N3/c1-3-9-17-10-16-13(14(17)15)12-8-6-5-7-11(12)4-2/h3,5-8,10H,1,4,9,15H2,2H3. The number of nitrogen functional groups attached to an aromatic ring is 1. The predicted octanol–water partition coefficient (Wildman–Crippen LogP) is 2.88. The van der Waals surface area contributed by atoms with E-state index in [1.807, 2.05) is 22.8 Å². The quantitative estimate of drug-likeness (QED) is 0.816. The molecule has 0 aliphatic heterocycles. The van der Waals surface area contributed by atoms with E-state index in [2.05, 4.69) is 30.6 Å². The molecule has 88 valence electrons. The van der Waals surface area contributed by atoms with Crippen molar-refractivity contribution < 1.29 is 0 Å². The minimum Gasteiger partial charge on any atom is -0.383 e. The van der Waals surface area contributed by atoms with Crippen molar-refractivity contribution in [1.82, 2.24) is 9.55 Å². The molecule has 0 fully saturated rings. The zero-order valence-corrected chi connectivity index (χ0v) is 10.1. The van der Waals surface area contributed by atoms with Crippen LogP contribution < -0.4 is 5.73 Å². The van der Waals surface area contributed by atoms with E-state index in [0.717, 1.165) is 17.7 Å². The fourth-order valence-corrected chi connectivity index (χ4v) is 1.94. The molecule has 2 N–H and O–H groups in total. The molecule has 1 heterocycles. The molecule has 2 aromatic rings. The molecular formula is C14H17N3. The van der Waals surface area contributed by atoms with Gasteiger partial charge in [-0.05, 0) is 12.0 Å². The van der Waals surface area contributed by atoms with Crippen LogP contribution in [-0.2, 0) is 13.0 Å². The van der Waals surface area contributed by atoms with Crippen molar-refractivity contribution in [3.05, 3.63) is 48.8 Å². The van der Waals surface area contributed by atoms with Crippen LogP contribution in [0.2, 0.25) is 0 Å². The Balaban J connectivity index is 2.49. The Hall–Kier alpha value is -2.03. The summed E-state index contributed by atoms with van der Waals surface area (Å²) in [6.07, 6.45) is 4.55. The van der Waals surface area contributed by atoms with E-state index in [-0.39, 0.29) is 0 Å². The first-order valence-corrected chi connectivity index (χ1v) is 5.77. The van der Waals surface area contributed by atoms with Crippen LogP contribution >= 0.6 is 0 Å². The van der Waals surface area contributed by atoms with Crippen LogP contribution in [0.3, 0.4) is 0 Å². The average Bonchev–Trinajstić information content (AvgIpc) is 2.72. The summed E-state index contributed by atoms with van der Waals surface area (Å²) in [5, 5.41) is 0. The molecule has 0 aliphatic carbocycles. The van der Waals surface area contributed by atoms with Gasteiger partial charge in [0.15, 0.2) is 0 Å². The first kappa shape index (κ1) is 11.5. The molecule has 0 unspecified atom stereocenters. The third-order valence-corrected chi connectivity index (χ3v) is 2.86. The minimum absolute atomic E-state index is 0.688. The summed E-state index contributed by atoms with van der Waals surface area (Å²) in [5.74, 6) is 0.700. The van der Waals surface area contributed by atoms with E-state index in [9.17, 15) is 0 Å². The molecule has 17 heavy (non-hydrogen) atoms. The van der Waals surface area contributed by atoms with Crippen LogP contribution in [0, 0.1) is 0 Å². The average molecular weight is 227 g/mol. The van der Waals surface area contributed by atoms with Crippen LogP contribution in [0.4, 0.5) is 5.82 Å². The van der Waals surface area contributed by atoms with Gasteiger partial charge in [-0.15, -0.1) is 6.58 Å². The maximum absolute atomic E-state index is 6.10. The maximum atomic E-state index is 6.10. The normalized spacial score (nSPS) is 10.4. The molecule has 0 radical (unpaired) electrons. The van der Waals surface area contributed by atoms with Crippen LogP contribution in [0.1, 0.15) is 12.5 Å². The van der Waals surface area contributed by atoms with E-state index in [1.165, 1.54) is 5.56 Å². The molecule has 0 aliphatic rings. The highest BCUT2D eigenvalue weighted by Crippen LogP contribution is 2.27. The van der Waals surface area contributed by atoms with Gasteiger partial charge in [0.2, 0.25) is 0 Å². The van der Waals surface area contributed by atoms with Gasteiger partial charge < -0.3 is 10.3 Å². The number of benzene rings is 1. The molecule has 1 aromatic carbocycles. The van der Waals surface area contributed by atoms with Gasteiger partial charge in [0.25, 0.3) is 0 Å². The lowest BCUT2D eigenvalue weighted by atomic mass is 10.0. The molecule has 0 saturated heterocycles. The minimum atomic E-state index is 0.688. The van der Waals surface area contributed by atoms with Gasteiger partial charge in [-0.1, -0.05) is 37.3 Å². The van der Waals surface area contributed by atoms with E-state index in [1.54, 1.807) is 6.33 Å². The van der Waals surface area contributed by atoms with Gasteiger partial charge >= 0.3 is 0 Å². The highest BCUT2D eigenvalue weighted by Gasteiger charge is 2.11. The summed E-state index contributed by atoms with van der Waals surface area (Å²) in [5.41, 5.74) is 9.35. The first-order chi connectivity index (χ1) is 8.27. The second-order valence-electron chi connectivity index (χ2n) is 3.93. The van der Waals surface area contributed by atoms with E-state index < -0.39 is 0 Å². The highest BCUT2D eigenvalue weighted by molar-refractivity contribution is 5.73. The SMILES string of the molecule is C=CCn1cnc(-c2ccccc2CC)c1N. The van der Waals surface area contributed by atoms with Crippen molar-refractivity contribution in [3.63, 3.8) is 0 Å². The van der Waals surface area contributed by atoms with Crippen LogP contribution in [-0.4, -0.2) is 9.55 Å². The van der Waals surface area contributed by atoms with Gasteiger partial charge in [0.05, 0.1) is 6.33 Å². The van der Waals surface area contributed by atoms with Crippen molar-refractivity contribution in [1.29, 1.82) is 0 Å². The number of aryl methyl sites for hydroxylation is 1. The van der Waals surface area contributed by atoms with Crippen LogP contribution in [0.5, 0.6) is 0 Å². The third kappa shape index (κ3) is 2.09. The molecule has 0 amide bonds. The molecular weight excluding hydrogens is 210 g/mol. The molecule has 3 nitrogen and oxygen atoms in total. The molecule has 0 saturated carbocycles. The summed E-state index contributed by atoms with van der Waals surface area (Å²) in [4.78, 5) is 4.40. The monoisotopic (exact) mass is 227 g/mol. The number of aromatic nitrogens is 2. The van der Waals surface area contributed by atoms with E-state index >= 15 is 0 Å². The van der Waals surface area contributed by atoms with Gasteiger partial charge in [-0.2, -0.15) is 0 Å². The predicted molar refractivity (Wildman–Crippen MR) is 71.7 cm³/mol. The summed E-state index contributed by atoms with van der Waals surface area (Å²) in [6, 6.07) is 8.23. The Labute approximate surface area is 102 Å². The number of imidazole rings is 1. The number of nitrogens with two attached hydrogens (primary N) is 1. The largest absolute Gasteiger partial charge is 0.383 e. The third-order valence-electron chi connectivity index (χ3n) is 2.86. The number of anilines is 1. The second kappa shape index (κ2) is 4.87. The summed E-state index contributed by atoms with van der Waals surface area (Å²) in [7, 11) is 0. The Morgan fingerprint density at radius 1 is 1.41 bits per heavy atom. The molecule has 3 heteroatoms. The Morgan fingerprint density at radius 3 is 2.88 bits per heavy atom. The van der Waals surface area contributed by atoms with Gasteiger partial charge in [-0.25, -0.2) is 4.98 Å². The topological polar surface area (TPSA) is 43.8 Å². The number of allylic oxidation sites excluding steroid dienone is 1. The molecule has 1 aromatic heterocycles. The molecule has 0 spiro atoms. The van der Waals surface area contributed by atoms with Gasteiger partial charge in [0.1, 0.15) is 11.5 Å². The number of rotatable bonds is 4. The lowest BCUT2D eigenvalue weighted by Gasteiger charge is -2.07. The van der Waals surface area contributed by atoms with Crippen LogP contribution in [0.15, 0.2) is 43.2 Å². The van der Waals surface area contributed by atoms with Crippen LogP contribution in [0.25, 0.3) is 11.3 Å². The highest BCUT2D eigenvalue weighted by atomic mass is 15.1. The number of hydrogen-bond acceptors (Lipinski definition) is 2. The summed E-state index contributed by atoms with van der Waals surface area (Å²) in [6.45, 7) is 6.53. The van der Waals surface area contributed by atoms with Crippen molar-refractivity contribution in [2.45, 2.75) is 19.9 Å². The lowest BCUT2D eigenvalue weighted by Crippen LogP contribution is -2.00. The van der Waals surface area contributed by atoms with Crippen molar-refractivity contribution in [2.24, 2.45) is 0 Å². The molecule has 0 atom stereocenters. The fraction of sp³-hybridized carbons (Fsp3) is 0.214. The van der Waals surface area contributed by atoms with Gasteiger partial charge in [-0.3, -0.25) is 0 Å². The Kier molecular flexibility index (Phi) is 3.28. The summed E-state index contributed by atoms with van der Waals surface area (Å²) < 4.78 is 1.90. The maximum Gasteiger partial charge on any atom is 0.131 e. The second-order valence-corrected chi connectivity index (χ2v) is 3.93. The number of hydrogen-bond donors (Lipinski definition) is 1. The van der Waals surface area contributed by atoms with E-state index in [0.29, 0.717) is 12.4 Å². The smallest absolute Gasteiger partial charge is 0.131 e. The van der Waals surface area contributed by atoms with Crippen molar-refractivity contribution in [3.8, 4) is 11.3 Å². The van der Waals surface area contributed by atoms with Crippen molar-refractivity contribution in [2.75, 3.05) is 5.73 Å². The zero-order valence-electron chi connectivity index (χ0n) is 10.1. The Bertz CT molecular complexity index is 526. The summed E-state index contributed by atoms with van der Waals surface area (Å²) >= 11 is 0. The Morgan fingerprint density at radius 2 is 2.18 bits per heavy atom. The lowest BCUT2D eigenvalue weighted by molar-refractivity contribution is 0.833. The fourth-order valence-electron chi connectivity index (χ4n) is 1.94. The number of nitrogens with zero attached hydrogens (tertiary/aromatic N) is 2. The van der Waals surface area contributed by atoms with E-state index in [4.69, 9.17) is 5.73 Å². The van der Waals surface area contributed by atoms with Gasteiger partial charge in [0, 0.05) is 12.1 Å². The molecule has 2 rings (SSSR count). The van der Waals surface area contributed by atoms with Crippen molar-refractivity contribution >= 4 is 5.82 Å². The molecule has 0 bridgehead atoms. The first-order valence-electron chi connectivity index (χ1n) is 5.77. The zero-order chi connectivity index (χ0) is 12.3.